The zero-order valence-electron chi connectivity index (χ0n) is 80.1. The summed E-state index contributed by atoms with van der Waals surface area (Å²) in [5.41, 5.74) is 16.6. The number of aryl methyl sites for hydroxylation is 2. The summed E-state index contributed by atoms with van der Waals surface area (Å²) < 4.78 is 28.4. The molecule has 6 heterocycles. The van der Waals surface area contributed by atoms with Crippen molar-refractivity contribution in [1.29, 1.82) is 0 Å². The van der Waals surface area contributed by atoms with E-state index < -0.39 is 40.5 Å². The third-order valence-corrected chi connectivity index (χ3v) is 20.7. The van der Waals surface area contributed by atoms with E-state index in [1.54, 1.807) is 49.9 Å². The molecule has 4 aliphatic rings. The summed E-state index contributed by atoms with van der Waals surface area (Å²) in [7, 11) is 16.3. The average Bonchev–Trinajstić information content (AvgIpc) is 0.816. The minimum absolute atomic E-state index is 0. The van der Waals surface area contributed by atoms with Crippen LogP contribution >= 0.6 is 15.9 Å². The van der Waals surface area contributed by atoms with Crippen LogP contribution in [0.3, 0.4) is 0 Å². The van der Waals surface area contributed by atoms with Crippen LogP contribution in [-0.4, -0.2) is 241 Å². The quantitative estimate of drug-likeness (QED) is 0.0189. The summed E-state index contributed by atoms with van der Waals surface area (Å²) in [6, 6.07) is 35.5. The van der Waals surface area contributed by atoms with Crippen LogP contribution in [0.25, 0.3) is 0 Å². The number of carbonyl (C=O) groups excluding carboxylic acids is 5. The number of alkyl halides is 1. The molecular formula is C97H154BrKN14O14. The fraction of sp³-hybridized carbons (Fsp3) is 0.588. The molecule has 4 aliphatic heterocycles. The number of nitrogens with one attached hydrogen (secondary N) is 3. The van der Waals surface area contributed by atoms with Crippen LogP contribution < -0.4 is 98.1 Å². The summed E-state index contributed by atoms with van der Waals surface area (Å²) in [5, 5.41) is 37.5. The molecule has 0 spiro atoms. The van der Waals surface area contributed by atoms with E-state index in [0.29, 0.717) is 86.0 Å². The molecule has 4 fully saturated rings. The Bertz CT molecular complexity index is 4170. The Morgan fingerprint density at radius 3 is 1.11 bits per heavy atom. The molecule has 8 atom stereocenters. The van der Waals surface area contributed by atoms with Crippen LogP contribution in [0.1, 0.15) is 220 Å². The summed E-state index contributed by atoms with van der Waals surface area (Å²) in [6.07, 6.45) is 12.1. The Labute approximate surface area is 811 Å². The van der Waals surface area contributed by atoms with Crippen molar-refractivity contribution < 1.29 is 119 Å². The number of phenolic OH excluding ortho intramolecular Hbond substituents is 1. The smallest absolute Gasteiger partial charge is 0.850 e. The van der Waals surface area contributed by atoms with Crippen molar-refractivity contribution >= 4 is 74.8 Å². The number of nitrogens with two attached hydrogens (primary N) is 2. The Balaban J connectivity index is 0.000000529. The summed E-state index contributed by atoms with van der Waals surface area (Å²) in [6.45, 7) is 37.8. The van der Waals surface area contributed by atoms with E-state index in [2.05, 4.69) is 154 Å². The Morgan fingerprint density at radius 2 is 0.811 bits per heavy atom. The van der Waals surface area contributed by atoms with Gasteiger partial charge in [0, 0.05) is 57.2 Å². The Hall–Kier alpha value is -7.72. The van der Waals surface area contributed by atoms with Gasteiger partial charge >= 0.3 is 87.3 Å². The van der Waals surface area contributed by atoms with Gasteiger partial charge in [0.15, 0.2) is 0 Å². The number of phenols is 1. The van der Waals surface area contributed by atoms with Crippen LogP contribution in [-0.2, 0) is 41.5 Å². The number of likely N-dealkylation sites (tertiary alicyclic amines) is 3. The third-order valence-electron chi connectivity index (χ3n) is 20.3. The van der Waals surface area contributed by atoms with Crippen molar-refractivity contribution in [2.75, 3.05) is 156 Å². The molecule has 4 aromatic carbocycles. The van der Waals surface area contributed by atoms with Gasteiger partial charge in [-0.15, -0.1) is 5.60 Å². The first-order chi connectivity index (χ1) is 58.7. The molecular weight excluding hydrogens is 1700 g/mol. The van der Waals surface area contributed by atoms with Crippen LogP contribution in [0.2, 0.25) is 0 Å². The number of ether oxygens (including phenoxy) is 5. The molecule has 2 aromatic heterocycles. The number of aromatic hydroxyl groups is 1. The van der Waals surface area contributed by atoms with Gasteiger partial charge in [-0.2, -0.15) is 0 Å². The average molecular weight is 1860 g/mol. The standard InChI is InChI=1S/C25H35N5O3.C21H34N2O3.C17H25NO3.C16H26N2O.C9H11N3O3.C4H10BrN.C4H9O.CH4.K/c1-5-18-14-20(15-27-23(18)26)28-24(31)25(32)30-16-17(2)6-11-22(30)19-7-9-21(10-8-19)33-13-12-29(3)4;1-16-7-12-19(23(15-16)20(24)26-21(2,3)4)17-8-10-18(11-9-17)25-14-13-22(5)6;1-12-5-10-15(13-6-8-14(19)9-7-13)18(11-12)16(20)21-17(2,3)4;1-13-4-9-16(17-12-13)14-5-7-15(8-6-14)19-11-10-18(2)3;1-2-5-3-6(4-11-7(5)10)12-8(13)9(14)15;1-6(2)4-3-5;1-4(2,3)5;;/h7-10,14-15,17,22H,5-6,11-13,16H2,1-4H3,(H2,26,27)(H,28,31);8-11,16,19H,7,12-15H2,1-6H3;6-9,12,15,19H,5,10-11H2,1-4H3;5-8,13,16-17H,4,9-12H2,1-3H3;3-4H,2H2,1H3,(H2,10,11)(H,12,13)(H,14,15);3-4H2,1-2H3;1-3H3;1H4;/q;;;;;;-1;;+1/t17-,22+;16-,19+;12-,15+;13-,16+;;;;;/m0000...../s1. The van der Waals surface area contributed by atoms with Gasteiger partial charge in [0.25, 0.3) is 0 Å². The zero-order chi connectivity index (χ0) is 93.5. The molecule has 704 valence electrons. The van der Waals surface area contributed by atoms with E-state index in [0.717, 1.165) is 141 Å². The number of rotatable bonds is 22. The minimum Gasteiger partial charge on any atom is -0.850 e. The predicted molar refractivity (Wildman–Crippen MR) is 510 cm³/mol. The fourth-order valence-corrected chi connectivity index (χ4v) is 14.3. The molecule has 127 heavy (non-hydrogen) atoms. The number of likely N-dealkylation sites (N-methyl/N-ethyl adjacent to an activating group) is 3. The number of nitrogens with zero attached hydrogens (tertiary/aromatic N) is 9. The molecule has 28 nitrogen and oxygen atoms in total. The zero-order valence-corrected chi connectivity index (χ0v) is 84.8. The number of hydrogen-bond donors (Lipinski definition) is 7. The first-order valence-electron chi connectivity index (χ1n) is 43.9. The predicted octanol–water partition coefficient (Wildman–Crippen LogP) is 13.2. The third kappa shape index (κ3) is 46.1. The number of nitrogen functional groups attached to an aromatic ring is 2. The molecule has 10 rings (SSSR count). The second kappa shape index (κ2) is 58.1. The number of aliphatic carboxylic acids is 1. The number of carbonyl (C=O) groups is 6. The van der Waals surface area contributed by atoms with E-state index in [1.807, 2.05) is 142 Å². The maximum atomic E-state index is 13.2. The molecule has 0 saturated carbocycles. The molecule has 30 heteroatoms. The monoisotopic (exact) mass is 1860 g/mol. The van der Waals surface area contributed by atoms with E-state index in [1.165, 1.54) is 30.8 Å². The molecule has 6 aromatic rings. The number of anilines is 4. The van der Waals surface area contributed by atoms with Gasteiger partial charge < -0.3 is 101 Å². The molecule has 9 N–H and O–H groups in total. The first-order valence-corrected chi connectivity index (χ1v) is 45.0. The molecule has 0 unspecified atom stereocenters. The topological polar surface area (TPSA) is 349 Å². The number of carboxylic acids is 1. The first kappa shape index (κ1) is 115. The minimum atomic E-state index is -1.54. The van der Waals surface area contributed by atoms with Crippen molar-refractivity contribution in [2.24, 2.45) is 23.7 Å². The number of hydrogen-bond acceptors (Lipinski definition) is 22. The normalized spacial score (nSPS) is 18.4. The molecule has 4 saturated heterocycles. The molecule has 5 amide bonds. The maximum absolute atomic E-state index is 13.2. The number of piperidine rings is 4. The van der Waals surface area contributed by atoms with Crippen molar-refractivity contribution in [3.05, 3.63) is 155 Å². The van der Waals surface area contributed by atoms with Crippen LogP contribution in [0.4, 0.5) is 32.6 Å². The van der Waals surface area contributed by atoms with E-state index in [-0.39, 0.29) is 94.9 Å². The van der Waals surface area contributed by atoms with E-state index in [4.69, 9.17) is 40.3 Å². The van der Waals surface area contributed by atoms with Crippen LogP contribution in [0.15, 0.2) is 122 Å². The van der Waals surface area contributed by atoms with Gasteiger partial charge in [0.1, 0.15) is 65.7 Å². The van der Waals surface area contributed by atoms with Gasteiger partial charge in [-0.1, -0.05) is 134 Å². The van der Waals surface area contributed by atoms with Gasteiger partial charge in [-0.25, -0.2) is 24.4 Å². The molecule has 0 bridgehead atoms. The molecule has 0 aliphatic carbocycles. The number of pyridine rings is 2. The van der Waals surface area contributed by atoms with Gasteiger partial charge in [0.2, 0.25) is 0 Å². The van der Waals surface area contributed by atoms with Crippen molar-refractivity contribution in [3.8, 4) is 23.0 Å². The number of halogens is 1. The largest absolute Gasteiger partial charge is 1.00 e. The van der Waals surface area contributed by atoms with Gasteiger partial charge in [0.05, 0.1) is 41.9 Å². The van der Waals surface area contributed by atoms with E-state index in [9.17, 15) is 39.0 Å². The number of benzene rings is 4. The molecule has 0 radical (unpaired) electrons. The number of amides is 5. The second-order valence-corrected chi connectivity index (χ2v) is 37.6. The van der Waals surface area contributed by atoms with Crippen LogP contribution in [0, 0.1) is 23.7 Å². The van der Waals surface area contributed by atoms with Crippen molar-refractivity contribution in [2.45, 2.75) is 216 Å². The summed E-state index contributed by atoms with van der Waals surface area (Å²) in [5.74, 6) is 1.96. The maximum Gasteiger partial charge on any atom is 1.00 e. The summed E-state index contributed by atoms with van der Waals surface area (Å²) >= 11 is 3.31. The van der Waals surface area contributed by atoms with Crippen molar-refractivity contribution in [3.63, 3.8) is 0 Å². The van der Waals surface area contributed by atoms with Crippen LogP contribution in [0.5, 0.6) is 23.0 Å². The number of aromatic nitrogens is 2. The Kier molecular flexibility index (Phi) is 52.8. The summed E-state index contributed by atoms with van der Waals surface area (Å²) in [4.78, 5) is 94.0. The second-order valence-electron chi connectivity index (χ2n) is 36.8. The fourth-order valence-electron chi connectivity index (χ4n) is 13.6. The Morgan fingerprint density at radius 1 is 0.496 bits per heavy atom. The van der Waals surface area contributed by atoms with Crippen molar-refractivity contribution in [1.82, 2.24) is 49.6 Å². The SMILES string of the molecule is C.CC(C)(C)[O-].CCc1cc(NC(=O)C(=O)N2C[C@@H](C)CC[C@@H]2c2ccc(OCCN(C)C)cc2)cnc1N.CCc1cc(NC(=O)C(=O)O)cnc1N.CN(C)CCBr.C[C@H]1CC[C@H](c2ccc(O)cc2)N(C(=O)OC(C)(C)C)C1.C[C@H]1CC[C@H](c2ccc(OCCN(C)C)cc2)N(C(=O)OC(C)(C)C)C1.C[C@H]1CC[C@H](c2ccc(OCCN(C)C)cc2)NC1.[K+]. The van der Waals surface area contributed by atoms with Gasteiger partial charge in [-0.3, -0.25) is 14.4 Å². The van der Waals surface area contributed by atoms with Gasteiger partial charge in [-0.05, 0) is 286 Å². The van der Waals surface area contributed by atoms with E-state index >= 15 is 0 Å². The number of carboxylic acid groups (broad SMARTS) is 1.